The van der Waals surface area contributed by atoms with Gasteiger partial charge in [0.25, 0.3) is 5.56 Å². The maximum Gasteiger partial charge on any atom is 0.416 e. The predicted octanol–water partition coefficient (Wildman–Crippen LogP) is 2.18. The minimum atomic E-state index is -4.52. The lowest BCUT2D eigenvalue weighted by Crippen LogP contribution is -2.48. The van der Waals surface area contributed by atoms with Crippen molar-refractivity contribution in [3.8, 4) is 0 Å². The molecule has 1 heterocycles. The van der Waals surface area contributed by atoms with Crippen LogP contribution in [0.3, 0.4) is 0 Å². The Morgan fingerprint density at radius 3 is 2.56 bits per heavy atom. The number of nitrogens with zero attached hydrogens (tertiary/aromatic N) is 2. The van der Waals surface area contributed by atoms with E-state index in [1.54, 1.807) is 13.8 Å². The molecule has 6 nitrogen and oxygen atoms in total. The first-order valence-corrected chi connectivity index (χ1v) is 8.65. The first-order chi connectivity index (χ1) is 12.6. The second-order valence-electron chi connectivity index (χ2n) is 7.15. The van der Waals surface area contributed by atoms with Crippen LogP contribution in [0.25, 0.3) is 10.8 Å². The van der Waals surface area contributed by atoms with Crippen molar-refractivity contribution in [2.24, 2.45) is 0 Å². The van der Waals surface area contributed by atoms with E-state index in [0.717, 1.165) is 22.9 Å². The van der Waals surface area contributed by atoms with Gasteiger partial charge < -0.3 is 10.4 Å². The normalized spacial score (nSPS) is 20.0. The van der Waals surface area contributed by atoms with E-state index in [0.29, 0.717) is 18.5 Å². The molecule has 1 aromatic carbocycles. The lowest BCUT2D eigenvalue weighted by atomic mass is 9.89. The molecule has 2 N–H and O–H groups in total. The van der Waals surface area contributed by atoms with Crippen LogP contribution in [0, 0.1) is 0 Å². The number of hydrogen-bond acceptors (Lipinski definition) is 4. The second kappa shape index (κ2) is 6.95. The Morgan fingerprint density at radius 1 is 1.33 bits per heavy atom. The molecule has 0 unspecified atom stereocenters. The third-order valence-electron chi connectivity index (χ3n) is 4.63. The zero-order valence-electron chi connectivity index (χ0n) is 14.9. The van der Waals surface area contributed by atoms with Crippen molar-refractivity contribution in [2.45, 2.75) is 57.5 Å². The highest BCUT2D eigenvalue weighted by Crippen LogP contribution is 2.32. The number of benzene rings is 1. The molecule has 0 saturated heterocycles. The van der Waals surface area contributed by atoms with E-state index in [2.05, 4.69) is 10.4 Å². The van der Waals surface area contributed by atoms with Crippen LogP contribution in [-0.4, -0.2) is 32.9 Å². The van der Waals surface area contributed by atoms with Gasteiger partial charge in [0.15, 0.2) is 0 Å². The summed E-state index contributed by atoms with van der Waals surface area (Å²) in [5, 5.41) is 16.4. The van der Waals surface area contributed by atoms with Gasteiger partial charge in [0, 0.05) is 11.4 Å². The van der Waals surface area contributed by atoms with Gasteiger partial charge in [-0.1, -0.05) is 13.8 Å². The molecule has 0 aliphatic heterocycles. The van der Waals surface area contributed by atoms with Crippen LogP contribution in [0.4, 0.5) is 13.2 Å². The van der Waals surface area contributed by atoms with Crippen molar-refractivity contribution in [1.82, 2.24) is 15.1 Å². The number of carbonyl (C=O) groups excluding carboxylic acids is 1. The van der Waals surface area contributed by atoms with E-state index in [1.165, 1.54) is 0 Å². The molecule has 3 rings (SSSR count). The molecule has 1 saturated carbocycles. The molecule has 1 aliphatic rings. The summed E-state index contributed by atoms with van der Waals surface area (Å²) in [6.45, 7) is 3.18. The highest BCUT2D eigenvalue weighted by molar-refractivity contribution is 5.85. The summed E-state index contributed by atoms with van der Waals surface area (Å²) in [6.07, 6.45) is -4.02. The average molecular weight is 383 g/mol. The fourth-order valence-corrected chi connectivity index (χ4v) is 3.14. The van der Waals surface area contributed by atoms with E-state index in [9.17, 15) is 27.9 Å². The average Bonchev–Trinajstić information content (AvgIpc) is 2.54. The van der Waals surface area contributed by atoms with Gasteiger partial charge in [-0.25, -0.2) is 4.68 Å². The molecule has 1 amide bonds. The van der Waals surface area contributed by atoms with Crippen molar-refractivity contribution in [2.75, 3.05) is 0 Å². The second-order valence-corrected chi connectivity index (χ2v) is 7.15. The van der Waals surface area contributed by atoms with Gasteiger partial charge in [-0.05, 0) is 37.0 Å². The van der Waals surface area contributed by atoms with Gasteiger partial charge in [0.05, 0.1) is 22.7 Å². The van der Waals surface area contributed by atoms with Crippen LogP contribution in [0.1, 0.15) is 43.9 Å². The number of nitrogens with one attached hydrogen (secondary N) is 1. The van der Waals surface area contributed by atoms with E-state index < -0.39 is 29.3 Å². The third-order valence-corrected chi connectivity index (χ3v) is 4.63. The molecule has 146 valence electrons. The Balaban J connectivity index is 1.98. The van der Waals surface area contributed by atoms with Gasteiger partial charge in [0.2, 0.25) is 5.91 Å². The van der Waals surface area contributed by atoms with Gasteiger partial charge in [-0.2, -0.15) is 18.3 Å². The Bertz CT molecular complexity index is 931. The molecule has 1 aromatic heterocycles. The number of alkyl halides is 3. The minimum Gasteiger partial charge on any atom is -0.393 e. The molecule has 9 heteroatoms. The number of aromatic nitrogens is 2. The molecule has 1 aliphatic carbocycles. The maximum atomic E-state index is 13.0. The first-order valence-electron chi connectivity index (χ1n) is 8.65. The zero-order chi connectivity index (χ0) is 19.9. The lowest BCUT2D eigenvalue weighted by Gasteiger charge is -2.31. The molecule has 0 bridgehead atoms. The summed E-state index contributed by atoms with van der Waals surface area (Å²) < 4.78 is 40.0. The third kappa shape index (κ3) is 3.97. The van der Waals surface area contributed by atoms with Crippen LogP contribution in [0.2, 0.25) is 0 Å². The Labute approximate surface area is 153 Å². The number of aliphatic hydroxyl groups excluding tert-OH is 1. The van der Waals surface area contributed by atoms with E-state index in [1.807, 2.05) is 0 Å². The number of fused-ring (bicyclic) bond motifs is 1. The zero-order valence-corrected chi connectivity index (χ0v) is 14.9. The van der Waals surface area contributed by atoms with Gasteiger partial charge >= 0.3 is 6.18 Å². The quantitative estimate of drug-likeness (QED) is 0.848. The van der Waals surface area contributed by atoms with Crippen molar-refractivity contribution >= 4 is 16.7 Å². The van der Waals surface area contributed by atoms with Crippen molar-refractivity contribution in [1.29, 1.82) is 0 Å². The van der Waals surface area contributed by atoms with Crippen molar-refractivity contribution in [3.05, 3.63) is 39.8 Å². The molecular formula is C18H20F3N3O3. The van der Waals surface area contributed by atoms with Crippen LogP contribution in [0.15, 0.2) is 23.0 Å². The standard InChI is InChI=1S/C18H20F3N3O3/c1-9(2)16-14-5-10(18(19,20)21)3-4-13(14)17(27)24(23-16)8-15(26)22-11-6-12(25)7-11/h3-5,9,11-12,25H,6-8H2,1-2H3,(H,22,26)/t11-,12-. The summed E-state index contributed by atoms with van der Waals surface area (Å²) in [5.41, 5.74) is -1.15. The SMILES string of the molecule is CC(C)c1nn(CC(=O)N[C@H]2C[C@H](O)C2)c(=O)c2ccc(C(F)(F)F)cc12. The number of amides is 1. The Hall–Kier alpha value is -2.42. The van der Waals surface area contributed by atoms with Crippen LogP contribution >= 0.6 is 0 Å². The number of aliphatic hydroxyl groups is 1. The largest absolute Gasteiger partial charge is 0.416 e. The fourth-order valence-electron chi connectivity index (χ4n) is 3.14. The first kappa shape index (κ1) is 19.3. The molecule has 1 fully saturated rings. The summed E-state index contributed by atoms with van der Waals surface area (Å²) in [7, 11) is 0. The van der Waals surface area contributed by atoms with Gasteiger partial charge in [-0.15, -0.1) is 0 Å². The Morgan fingerprint density at radius 2 is 2.00 bits per heavy atom. The van der Waals surface area contributed by atoms with E-state index >= 15 is 0 Å². The molecule has 2 aromatic rings. The number of rotatable bonds is 4. The molecule has 27 heavy (non-hydrogen) atoms. The topological polar surface area (TPSA) is 84.2 Å². The Kier molecular flexibility index (Phi) is 4.98. The molecule has 0 atom stereocenters. The predicted molar refractivity (Wildman–Crippen MR) is 92.3 cm³/mol. The molecule has 0 radical (unpaired) electrons. The van der Waals surface area contributed by atoms with Gasteiger partial charge in [0.1, 0.15) is 6.54 Å². The van der Waals surface area contributed by atoms with Crippen LogP contribution < -0.4 is 10.9 Å². The summed E-state index contributed by atoms with van der Waals surface area (Å²) in [4.78, 5) is 24.8. The molecular weight excluding hydrogens is 363 g/mol. The highest BCUT2D eigenvalue weighted by atomic mass is 19.4. The van der Waals surface area contributed by atoms with Crippen molar-refractivity contribution in [3.63, 3.8) is 0 Å². The maximum absolute atomic E-state index is 13.0. The van der Waals surface area contributed by atoms with Crippen LogP contribution in [0.5, 0.6) is 0 Å². The smallest absolute Gasteiger partial charge is 0.393 e. The van der Waals surface area contributed by atoms with E-state index in [-0.39, 0.29) is 29.3 Å². The molecule has 0 spiro atoms. The van der Waals surface area contributed by atoms with Crippen LogP contribution in [-0.2, 0) is 17.5 Å². The number of carbonyl (C=O) groups is 1. The van der Waals surface area contributed by atoms with E-state index in [4.69, 9.17) is 0 Å². The summed E-state index contributed by atoms with van der Waals surface area (Å²) in [5.74, 6) is -0.671. The number of halogens is 3. The van der Waals surface area contributed by atoms with Crippen molar-refractivity contribution < 1.29 is 23.1 Å². The van der Waals surface area contributed by atoms with Gasteiger partial charge in [-0.3, -0.25) is 9.59 Å². The summed E-state index contributed by atoms with van der Waals surface area (Å²) >= 11 is 0. The minimum absolute atomic E-state index is 0.0913. The fraction of sp³-hybridized carbons (Fsp3) is 0.500. The number of hydrogen-bond donors (Lipinski definition) is 2. The highest BCUT2D eigenvalue weighted by Gasteiger charge is 2.31. The summed E-state index contributed by atoms with van der Waals surface area (Å²) in [6, 6.07) is 2.78. The monoisotopic (exact) mass is 383 g/mol. The lowest BCUT2D eigenvalue weighted by molar-refractivity contribution is -0.137.